The third-order valence-corrected chi connectivity index (χ3v) is 7.86. The molecule has 0 aromatic heterocycles. The van der Waals surface area contributed by atoms with Gasteiger partial charge in [-0.1, -0.05) is 31.9 Å². The van der Waals surface area contributed by atoms with Crippen LogP contribution in [0.4, 0.5) is 5.69 Å². The van der Waals surface area contributed by atoms with Gasteiger partial charge >= 0.3 is 0 Å². The van der Waals surface area contributed by atoms with Crippen molar-refractivity contribution in [1.82, 2.24) is 4.72 Å². The van der Waals surface area contributed by atoms with E-state index < -0.39 is 10.0 Å². The number of anilines is 1. The average Bonchev–Trinajstić information content (AvgIpc) is 3.25. The van der Waals surface area contributed by atoms with E-state index in [9.17, 15) is 13.2 Å². The molecule has 2 aromatic carbocycles. The second-order valence-electron chi connectivity index (χ2n) is 7.75. The molecule has 6 heteroatoms. The predicted molar refractivity (Wildman–Crippen MR) is 108 cm³/mol. The minimum absolute atomic E-state index is 0.0588. The quantitative estimate of drug-likeness (QED) is 0.814. The van der Waals surface area contributed by atoms with Crippen molar-refractivity contribution in [3.8, 4) is 0 Å². The van der Waals surface area contributed by atoms with Crippen molar-refractivity contribution >= 4 is 32.4 Å². The Hall–Kier alpha value is -1.92. The topological polar surface area (TPSA) is 66.5 Å². The van der Waals surface area contributed by atoms with Crippen LogP contribution in [0.3, 0.4) is 0 Å². The molecule has 0 unspecified atom stereocenters. The SMILES string of the molecule is CCN1C(=O)c2cccc3c(S(=O)(=O)NCC4(CC)CCCC4)ccc1c23. The van der Waals surface area contributed by atoms with Crippen molar-refractivity contribution < 1.29 is 13.2 Å². The molecule has 0 bridgehead atoms. The van der Waals surface area contributed by atoms with Crippen LogP contribution in [0.5, 0.6) is 0 Å². The second-order valence-corrected chi connectivity index (χ2v) is 9.48. The van der Waals surface area contributed by atoms with Crippen LogP contribution >= 0.6 is 0 Å². The number of nitrogens with one attached hydrogen (secondary N) is 1. The van der Waals surface area contributed by atoms with Gasteiger partial charge in [-0.2, -0.15) is 0 Å². The first-order chi connectivity index (χ1) is 12.9. The van der Waals surface area contributed by atoms with E-state index in [1.54, 1.807) is 35.2 Å². The number of nitrogens with zero attached hydrogens (tertiary/aromatic N) is 1. The summed E-state index contributed by atoms with van der Waals surface area (Å²) >= 11 is 0. The summed E-state index contributed by atoms with van der Waals surface area (Å²) in [4.78, 5) is 14.6. The Morgan fingerprint density at radius 2 is 1.85 bits per heavy atom. The van der Waals surface area contributed by atoms with Crippen LogP contribution in [0, 0.1) is 5.41 Å². The second kappa shape index (κ2) is 6.60. The van der Waals surface area contributed by atoms with Crippen molar-refractivity contribution in [2.75, 3.05) is 18.0 Å². The van der Waals surface area contributed by atoms with Gasteiger partial charge in [-0.05, 0) is 49.8 Å². The van der Waals surface area contributed by atoms with Crippen molar-refractivity contribution in [3.05, 3.63) is 35.9 Å². The Morgan fingerprint density at radius 3 is 2.52 bits per heavy atom. The molecule has 0 atom stereocenters. The molecule has 0 spiro atoms. The van der Waals surface area contributed by atoms with E-state index in [0.717, 1.165) is 30.3 Å². The van der Waals surface area contributed by atoms with Crippen LogP contribution in [0.15, 0.2) is 35.2 Å². The highest BCUT2D eigenvalue weighted by Gasteiger charge is 2.35. The molecule has 0 saturated heterocycles. The van der Waals surface area contributed by atoms with Crippen molar-refractivity contribution in [2.24, 2.45) is 5.41 Å². The molecule has 5 nitrogen and oxygen atoms in total. The highest BCUT2D eigenvalue weighted by atomic mass is 32.2. The molecule has 1 saturated carbocycles. The first kappa shape index (κ1) is 18.4. The fraction of sp³-hybridized carbons (Fsp3) is 0.476. The Bertz CT molecular complexity index is 1010. The normalized spacial score (nSPS) is 18.6. The first-order valence-corrected chi connectivity index (χ1v) is 11.3. The van der Waals surface area contributed by atoms with Gasteiger partial charge in [-0.25, -0.2) is 13.1 Å². The van der Waals surface area contributed by atoms with E-state index >= 15 is 0 Å². The van der Waals surface area contributed by atoms with Crippen LogP contribution < -0.4 is 9.62 Å². The maximum Gasteiger partial charge on any atom is 0.258 e. The van der Waals surface area contributed by atoms with Gasteiger partial charge in [0.15, 0.2) is 0 Å². The zero-order valence-corrected chi connectivity index (χ0v) is 16.7. The summed E-state index contributed by atoms with van der Waals surface area (Å²) in [6.45, 7) is 5.11. The van der Waals surface area contributed by atoms with E-state index in [2.05, 4.69) is 11.6 Å². The van der Waals surface area contributed by atoms with Crippen molar-refractivity contribution in [2.45, 2.75) is 50.8 Å². The fourth-order valence-corrected chi connectivity index (χ4v) is 6.03. The Kier molecular flexibility index (Phi) is 4.51. The predicted octanol–water partition coefficient (Wildman–Crippen LogP) is 4.07. The molecule has 2 aliphatic rings. The maximum atomic E-state index is 13.1. The highest BCUT2D eigenvalue weighted by Crippen LogP contribution is 2.42. The third-order valence-electron chi connectivity index (χ3n) is 6.40. The molecular formula is C21H26N2O3S. The van der Waals surface area contributed by atoms with Gasteiger partial charge < -0.3 is 4.90 Å². The molecule has 2 aromatic rings. The van der Waals surface area contributed by atoms with Crippen molar-refractivity contribution in [1.29, 1.82) is 0 Å². The number of rotatable bonds is 6. The van der Waals surface area contributed by atoms with Gasteiger partial charge in [-0.15, -0.1) is 0 Å². The highest BCUT2D eigenvalue weighted by molar-refractivity contribution is 7.89. The molecule has 1 aliphatic carbocycles. The summed E-state index contributed by atoms with van der Waals surface area (Å²) < 4.78 is 29.1. The molecule has 144 valence electrons. The summed E-state index contributed by atoms with van der Waals surface area (Å²) in [5.74, 6) is -0.0588. The maximum absolute atomic E-state index is 13.1. The lowest BCUT2D eigenvalue weighted by atomic mass is 9.84. The third kappa shape index (κ3) is 2.86. The molecule has 1 amide bonds. The number of sulfonamides is 1. The number of carbonyl (C=O) groups is 1. The summed E-state index contributed by atoms with van der Waals surface area (Å²) in [7, 11) is -3.65. The van der Waals surface area contributed by atoms with Gasteiger partial charge in [0.05, 0.1) is 10.6 Å². The Labute approximate surface area is 160 Å². The largest absolute Gasteiger partial charge is 0.308 e. The summed E-state index contributed by atoms with van der Waals surface area (Å²) in [5.41, 5.74) is 1.46. The van der Waals surface area contributed by atoms with E-state index in [-0.39, 0.29) is 16.2 Å². The number of hydrogen-bond acceptors (Lipinski definition) is 3. The van der Waals surface area contributed by atoms with Crippen LogP contribution in [0.2, 0.25) is 0 Å². The molecular weight excluding hydrogens is 360 g/mol. The number of benzene rings is 2. The monoisotopic (exact) mass is 386 g/mol. The van der Waals surface area contributed by atoms with Crippen LogP contribution in [0.1, 0.15) is 56.3 Å². The zero-order chi connectivity index (χ0) is 19.2. The standard InChI is InChI=1S/C21H26N2O3S/c1-3-21(12-5-6-13-21)14-22-27(25,26)18-11-10-17-19-15(18)8-7-9-16(19)20(24)23(17)4-2/h7-11,22H,3-6,12-14H2,1-2H3. The molecule has 1 aliphatic heterocycles. The number of amides is 1. The molecule has 0 radical (unpaired) electrons. The van der Waals surface area contributed by atoms with Gasteiger partial charge in [0.2, 0.25) is 10.0 Å². The lowest BCUT2D eigenvalue weighted by Gasteiger charge is -2.27. The molecule has 1 N–H and O–H groups in total. The molecule has 4 rings (SSSR count). The van der Waals surface area contributed by atoms with E-state index in [1.807, 2.05) is 6.92 Å². The summed E-state index contributed by atoms with van der Waals surface area (Å²) in [5, 5.41) is 1.37. The fourth-order valence-electron chi connectivity index (χ4n) is 4.67. The van der Waals surface area contributed by atoms with Crippen LogP contribution in [0.25, 0.3) is 10.8 Å². The van der Waals surface area contributed by atoms with Gasteiger partial charge in [-0.3, -0.25) is 4.79 Å². The average molecular weight is 387 g/mol. The van der Waals surface area contributed by atoms with Gasteiger partial charge in [0.1, 0.15) is 0 Å². The van der Waals surface area contributed by atoms with Gasteiger partial charge in [0, 0.05) is 29.4 Å². The summed E-state index contributed by atoms with van der Waals surface area (Å²) in [6, 6.07) is 8.74. The molecule has 1 fully saturated rings. The Balaban J connectivity index is 1.74. The first-order valence-electron chi connectivity index (χ1n) is 9.80. The van der Waals surface area contributed by atoms with E-state index in [0.29, 0.717) is 24.0 Å². The minimum atomic E-state index is -3.65. The Morgan fingerprint density at radius 1 is 1.11 bits per heavy atom. The van der Waals surface area contributed by atoms with Crippen LogP contribution in [-0.2, 0) is 10.0 Å². The summed E-state index contributed by atoms with van der Waals surface area (Å²) in [6.07, 6.45) is 5.49. The lowest BCUT2D eigenvalue weighted by Crippen LogP contribution is -2.35. The lowest BCUT2D eigenvalue weighted by molar-refractivity contribution is 0.0994. The number of carbonyl (C=O) groups excluding carboxylic acids is 1. The minimum Gasteiger partial charge on any atom is -0.308 e. The van der Waals surface area contributed by atoms with Gasteiger partial charge in [0.25, 0.3) is 5.91 Å². The molecule has 27 heavy (non-hydrogen) atoms. The van der Waals surface area contributed by atoms with E-state index in [4.69, 9.17) is 0 Å². The molecule has 1 heterocycles. The van der Waals surface area contributed by atoms with Crippen molar-refractivity contribution in [3.63, 3.8) is 0 Å². The number of hydrogen-bond donors (Lipinski definition) is 1. The zero-order valence-electron chi connectivity index (χ0n) is 15.9. The smallest absolute Gasteiger partial charge is 0.258 e. The van der Waals surface area contributed by atoms with E-state index in [1.165, 1.54) is 12.8 Å². The van der Waals surface area contributed by atoms with Crippen LogP contribution in [-0.4, -0.2) is 27.4 Å².